The van der Waals surface area contributed by atoms with Crippen molar-refractivity contribution < 1.29 is 23.4 Å². The van der Waals surface area contributed by atoms with Crippen molar-refractivity contribution in [1.82, 2.24) is 5.32 Å². The molecule has 0 aromatic heterocycles. The van der Waals surface area contributed by atoms with Gasteiger partial charge in [0.05, 0.1) is 24.8 Å². The Hall–Kier alpha value is -1.11. The van der Waals surface area contributed by atoms with Crippen molar-refractivity contribution in [3.8, 4) is 0 Å². The Morgan fingerprint density at radius 3 is 2.00 bits per heavy atom. The molecule has 3 nitrogen and oxygen atoms in total. The zero-order chi connectivity index (χ0) is 13.8. The van der Waals surface area contributed by atoms with Crippen LogP contribution in [0, 0.1) is 0 Å². The number of aliphatic hydroxyl groups is 2. The molecule has 0 bridgehead atoms. The number of nitrogens with one attached hydrogen (secondary N) is 1. The molecule has 0 aliphatic rings. The molecule has 0 heterocycles. The predicted molar refractivity (Wildman–Crippen MR) is 61.0 cm³/mol. The van der Waals surface area contributed by atoms with Gasteiger partial charge in [-0.2, -0.15) is 13.2 Å². The van der Waals surface area contributed by atoms with Crippen LogP contribution < -0.4 is 5.32 Å². The molecular formula is C12H16F3NO2. The van der Waals surface area contributed by atoms with E-state index in [2.05, 4.69) is 5.32 Å². The van der Waals surface area contributed by atoms with Crippen LogP contribution in [-0.4, -0.2) is 29.5 Å². The summed E-state index contributed by atoms with van der Waals surface area (Å²) in [6.45, 7) is 1.28. The molecule has 0 aliphatic carbocycles. The van der Waals surface area contributed by atoms with Gasteiger partial charge in [0.2, 0.25) is 0 Å². The Morgan fingerprint density at radius 1 is 1.11 bits per heavy atom. The molecule has 0 amide bonds. The van der Waals surface area contributed by atoms with Crippen LogP contribution in [0.3, 0.4) is 0 Å². The molecular weight excluding hydrogens is 247 g/mol. The minimum Gasteiger partial charge on any atom is -0.395 e. The van der Waals surface area contributed by atoms with Crippen LogP contribution >= 0.6 is 0 Å². The third-order valence-corrected chi connectivity index (χ3v) is 2.66. The lowest BCUT2D eigenvalue weighted by Crippen LogP contribution is -2.37. The number of benzene rings is 1. The van der Waals surface area contributed by atoms with Crippen molar-refractivity contribution in [1.29, 1.82) is 0 Å². The van der Waals surface area contributed by atoms with Gasteiger partial charge in [-0.25, -0.2) is 0 Å². The first-order valence-electron chi connectivity index (χ1n) is 5.53. The fraction of sp³-hybridized carbons (Fsp3) is 0.500. The first-order valence-corrected chi connectivity index (χ1v) is 5.53. The average molecular weight is 263 g/mol. The zero-order valence-corrected chi connectivity index (χ0v) is 9.91. The number of hydrogen-bond donors (Lipinski definition) is 3. The number of alkyl halides is 3. The van der Waals surface area contributed by atoms with Crippen LogP contribution in [0.15, 0.2) is 24.3 Å². The van der Waals surface area contributed by atoms with Crippen LogP contribution in [0.5, 0.6) is 0 Å². The van der Waals surface area contributed by atoms with Crippen molar-refractivity contribution in [3.63, 3.8) is 0 Å². The molecule has 0 saturated carbocycles. The van der Waals surface area contributed by atoms with Gasteiger partial charge in [-0.3, -0.25) is 0 Å². The van der Waals surface area contributed by atoms with Gasteiger partial charge in [0.25, 0.3) is 0 Å². The average Bonchev–Trinajstić information content (AvgIpc) is 2.34. The normalized spacial score (nSPS) is 13.9. The molecule has 18 heavy (non-hydrogen) atoms. The van der Waals surface area contributed by atoms with E-state index in [0.29, 0.717) is 5.56 Å². The van der Waals surface area contributed by atoms with Crippen LogP contribution in [0.2, 0.25) is 0 Å². The molecule has 1 unspecified atom stereocenters. The minimum absolute atomic E-state index is 0.235. The highest BCUT2D eigenvalue weighted by Gasteiger charge is 2.30. The second kappa shape index (κ2) is 6.17. The molecule has 0 saturated heterocycles. The number of hydrogen-bond acceptors (Lipinski definition) is 3. The quantitative estimate of drug-likeness (QED) is 0.758. The minimum atomic E-state index is -4.34. The number of rotatable bonds is 5. The zero-order valence-electron chi connectivity index (χ0n) is 9.91. The van der Waals surface area contributed by atoms with E-state index >= 15 is 0 Å². The summed E-state index contributed by atoms with van der Waals surface area (Å²) in [4.78, 5) is 0. The van der Waals surface area contributed by atoms with Gasteiger partial charge >= 0.3 is 6.18 Å². The lowest BCUT2D eigenvalue weighted by molar-refractivity contribution is -0.137. The summed E-state index contributed by atoms with van der Waals surface area (Å²) in [6, 6.07) is 4.05. The molecule has 0 spiro atoms. The fourth-order valence-electron chi connectivity index (χ4n) is 1.57. The second-order valence-corrected chi connectivity index (χ2v) is 4.07. The highest BCUT2D eigenvalue weighted by molar-refractivity contribution is 5.26. The van der Waals surface area contributed by atoms with Gasteiger partial charge in [-0.15, -0.1) is 0 Å². The maximum absolute atomic E-state index is 12.4. The van der Waals surface area contributed by atoms with Gasteiger partial charge in [0.15, 0.2) is 0 Å². The van der Waals surface area contributed by atoms with Gasteiger partial charge in [0, 0.05) is 6.04 Å². The summed E-state index contributed by atoms with van der Waals surface area (Å²) in [5.41, 5.74) is -0.0331. The molecule has 1 rings (SSSR count). The van der Waals surface area contributed by atoms with Crippen LogP contribution in [-0.2, 0) is 6.18 Å². The Kier molecular flexibility index (Phi) is 5.13. The summed E-state index contributed by atoms with van der Waals surface area (Å²) in [7, 11) is 0. The fourth-order valence-corrected chi connectivity index (χ4v) is 1.57. The Bertz CT molecular complexity index is 361. The topological polar surface area (TPSA) is 52.5 Å². The maximum atomic E-state index is 12.4. The van der Waals surface area contributed by atoms with Crippen LogP contribution in [0.4, 0.5) is 13.2 Å². The van der Waals surface area contributed by atoms with Gasteiger partial charge in [-0.1, -0.05) is 12.1 Å². The molecule has 0 radical (unpaired) electrons. The third kappa shape index (κ3) is 3.97. The molecule has 0 aliphatic heterocycles. The van der Waals surface area contributed by atoms with E-state index in [9.17, 15) is 13.2 Å². The van der Waals surface area contributed by atoms with Crippen LogP contribution in [0.25, 0.3) is 0 Å². The van der Waals surface area contributed by atoms with Gasteiger partial charge < -0.3 is 15.5 Å². The Morgan fingerprint density at radius 2 is 1.61 bits per heavy atom. The summed E-state index contributed by atoms with van der Waals surface area (Å²) < 4.78 is 37.1. The highest BCUT2D eigenvalue weighted by atomic mass is 19.4. The molecule has 1 aromatic rings. The van der Waals surface area contributed by atoms with E-state index < -0.39 is 17.8 Å². The predicted octanol–water partition coefficient (Wildman–Crippen LogP) is 1.71. The number of halogens is 3. The van der Waals surface area contributed by atoms with Crippen molar-refractivity contribution in [2.24, 2.45) is 0 Å². The van der Waals surface area contributed by atoms with E-state index in [1.54, 1.807) is 6.92 Å². The van der Waals surface area contributed by atoms with Crippen molar-refractivity contribution in [3.05, 3.63) is 35.4 Å². The van der Waals surface area contributed by atoms with Gasteiger partial charge in [0.1, 0.15) is 0 Å². The van der Waals surface area contributed by atoms with E-state index in [-0.39, 0.29) is 19.3 Å². The molecule has 0 fully saturated rings. The summed E-state index contributed by atoms with van der Waals surface area (Å²) in [6.07, 6.45) is -4.34. The van der Waals surface area contributed by atoms with E-state index in [1.807, 2.05) is 0 Å². The molecule has 3 N–H and O–H groups in total. The SMILES string of the molecule is CC(NC(CO)CO)c1ccc(C(F)(F)F)cc1. The van der Waals surface area contributed by atoms with E-state index in [1.165, 1.54) is 12.1 Å². The number of aliphatic hydroxyl groups excluding tert-OH is 2. The van der Waals surface area contributed by atoms with Crippen molar-refractivity contribution in [2.75, 3.05) is 13.2 Å². The highest BCUT2D eigenvalue weighted by Crippen LogP contribution is 2.29. The van der Waals surface area contributed by atoms with E-state index in [0.717, 1.165) is 12.1 Å². The largest absolute Gasteiger partial charge is 0.416 e. The van der Waals surface area contributed by atoms with Gasteiger partial charge in [-0.05, 0) is 24.6 Å². The lowest BCUT2D eigenvalue weighted by Gasteiger charge is -2.20. The van der Waals surface area contributed by atoms with Crippen molar-refractivity contribution >= 4 is 0 Å². The molecule has 1 aromatic carbocycles. The second-order valence-electron chi connectivity index (χ2n) is 4.07. The molecule has 1 atom stereocenters. The lowest BCUT2D eigenvalue weighted by atomic mass is 10.1. The molecule has 102 valence electrons. The van der Waals surface area contributed by atoms with Crippen LogP contribution in [0.1, 0.15) is 24.1 Å². The Balaban J connectivity index is 2.73. The summed E-state index contributed by atoms with van der Waals surface area (Å²) in [5.74, 6) is 0. The third-order valence-electron chi connectivity index (χ3n) is 2.66. The first kappa shape index (κ1) is 14.9. The molecule has 6 heteroatoms. The smallest absolute Gasteiger partial charge is 0.395 e. The first-order chi connectivity index (χ1) is 8.38. The van der Waals surface area contributed by atoms with Crippen molar-refractivity contribution in [2.45, 2.75) is 25.2 Å². The standard InChI is InChI=1S/C12H16F3NO2/c1-8(16-11(6-17)7-18)9-2-4-10(5-3-9)12(13,14)15/h2-5,8,11,16-18H,6-7H2,1H3. The summed E-state index contributed by atoms with van der Waals surface area (Å²) in [5, 5.41) is 20.7. The monoisotopic (exact) mass is 263 g/mol. The Labute approximate surface area is 103 Å². The van der Waals surface area contributed by atoms with E-state index in [4.69, 9.17) is 10.2 Å². The maximum Gasteiger partial charge on any atom is 0.416 e. The summed E-state index contributed by atoms with van der Waals surface area (Å²) >= 11 is 0.